The zero-order chi connectivity index (χ0) is 9.84. The van der Waals surface area contributed by atoms with Crippen molar-refractivity contribution in [2.45, 2.75) is 46.2 Å². The zero-order valence-corrected chi connectivity index (χ0v) is 9.33. The number of rotatable bonds is 3. The zero-order valence-electron chi connectivity index (χ0n) is 9.33. The van der Waals surface area contributed by atoms with Gasteiger partial charge in [0.25, 0.3) is 0 Å². The number of hydrogen-bond acceptors (Lipinski definition) is 2. The molecule has 1 aliphatic heterocycles. The first-order valence-corrected chi connectivity index (χ1v) is 5.35. The van der Waals surface area contributed by atoms with Gasteiger partial charge < -0.3 is 9.80 Å². The van der Waals surface area contributed by atoms with Crippen molar-refractivity contribution in [3.05, 3.63) is 12.4 Å². The summed E-state index contributed by atoms with van der Waals surface area (Å²) in [6.07, 6.45) is 5.68. The van der Waals surface area contributed by atoms with Crippen molar-refractivity contribution in [1.29, 1.82) is 0 Å². The molecule has 0 spiro atoms. The van der Waals surface area contributed by atoms with E-state index in [9.17, 15) is 0 Å². The van der Waals surface area contributed by atoms with Gasteiger partial charge in [-0.1, -0.05) is 6.92 Å². The average molecular weight is 182 g/mol. The first kappa shape index (κ1) is 10.4. The first-order chi connectivity index (χ1) is 6.15. The molecule has 1 atom stereocenters. The molecular formula is C11H22N2. The van der Waals surface area contributed by atoms with E-state index < -0.39 is 0 Å². The summed E-state index contributed by atoms with van der Waals surface area (Å²) in [5.41, 5.74) is 0. The summed E-state index contributed by atoms with van der Waals surface area (Å²) in [6.45, 7) is 11.3. The lowest BCUT2D eigenvalue weighted by Gasteiger charge is -2.36. The fourth-order valence-corrected chi connectivity index (χ4v) is 1.58. The monoisotopic (exact) mass is 182 g/mol. The summed E-state index contributed by atoms with van der Waals surface area (Å²) in [6, 6.07) is 1.32. The second-order valence-corrected chi connectivity index (χ2v) is 4.12. The lowest BCUT2D eigenvalue weighted by Crippen LogP contribution is -2.41. The number of hydrogen-bond donors (Lipinski definition) is 0. The van der Waals surface area contributed by atoms with Crippen LogP contribution >= 0.6 is 0 Å². The fraction of sp³-hybridized carbons (Fsp3) is 0.818. The van der Waals surface area contributed by atoms with Crippen LogP contribution in [0.4, 0.5) is 0 Å². The highest BCUT2D eigenvalue weighted by molar-refractivity contribution is 4.92. The van der Waals surface area contributed by atoms with E-state index in [1.54, 1.807) is 0 Å². The van der Waals surface area contributed by atoms with E-state index in [-0.39, 0.29) is 0 Å². The lowest BCUT2D eigenvalue weighted by atomic mass is 10.2. The van der Waals surface area contributed by atoms with E-state index in [4.69, 9.17) is 0 Å². The van der Waals surface area contributed by atoms with Gasteiger partial charge in [-0.3, -0.25) is 0 Å². The SMILES string of the molecule is CCC(C)N1C=CN(C(C)C)CC1. The number of nitrogens with zero attached hydrogens (tertiary/aromatic N) is 2. The van der Waals surface area contributed by atoms with E-state index in [1.807, 2.05) is 0 Å². The Hall–Kier alpha value is -0.660. The van der Waals surface area contributed by atoms with E-state index in [0.717, 1.165) is 0 Å². The van der Waals surface area contributed by atoms with Crippen LogP contribution in [0.15, 0.2) is 12.4 Å². The van der Waals surface area contributed by atoms with Gasteiger partial charge in [0.05, 0.1) is 0 Å². The maximum Gasteiger partial charge on any atom is 0.0352 e. The maximum absolute atomic E-state index is 2.43. The van der Waals surface area contributed by atoms with Crippen LogP contribution in [0.25, 0.3) is 0 Å². The Morgan fingerprint density at radius 3 is 2.00 bits per heavy atom. The van der Waals surface area contributed by atoms with Crippen molar-refractivity contribution in [2.75, 3.05) is 13.1 Å². The third-order valence-electron chi connectivity index (χ3n) is 2.89. The van der Waals surface area contributed by atoms with Gasteiger partial charge in [0.15, 0.2) is 0 Å². The van der Waals surface area contributed by atoms with Crippen molar-refractivity contribution in [3.63, 3.8) is 0 Å². The Kier molecular flexibility index (Phi) is 3.64. The van der Waals surface area contributed by atoms with Crippen molar-refractivity contribution in [1.82, 2.24) is 9.80 Å². The minimum atomic E-state index is 0.635. The van der Waals surface area contributed by atoms with Crippen molar-refractivity contribution >= 4 is 0 Å². The quantitative estimate of drug-likeness (QED) is 0.660. The Morgan fingerprint density at radius 2 is 1.62 bits per heavy atom. The van der Waals surface area contributed by atoms with Gasteiger partial charge in [-0.25, -0.2) is 0 Å². The van der Waals surface area contributed by atoms with Crippen LogP contribution in [0.1, 0.15) is 34.1 Å². The average Bonchev–Trinajstić information content (AvgIpc) is 2.17. The van der Waals surface area contributed by atoms with E-state index in [1.165, 1.54) is 19.5 Å². The molecule has 0 amide bonds. The van der Waals surface area contributed by atoms with Gasteiger partial charge >= 0.3 is 0 Å². The van der Waals surface area contributed by atoms with Crippen LogP contribution in [0.2, 0.25) is 0 Å². The van der Waals surface area contributed by atoms with Crippen molar-refractivity contribution in [3.8, 4) is 0 Å². The Morgan fingerprint density at radius 1 is 1.08 bits per heavy atom. The molecule has 1 rings (SSSR count). The highest BCUT2D eigenvalue weighted by Gasteiger charge is 2.14. The standard InChI is InChI=1S/C11H22N2/c1-5-11(4)13-8-6-12(7-9-13)10(2)3/h6,8,10-11H,5,7,9H2,1-4H3. The predicted octanol–water partition coefficient (Wildman–Crippen LogP) is 2.28. The van der Waals surface area contributed by atoms with Gasteiger partial charge in [-0.2, -0.15) is 0 Å². The highest BCUT2D eigenvalue weighted by Crippen LogP contribution is 2.11. The molecule has 0 bridgehead atoms. The molecule has 1 aliphatic rings. The molecule has 2 nitrogen and oxygen atoms in total. The van der Waals surface area contributed by atoms with Gasteiger partial charge in [0.2, 0.25) is 0 Å². The molecule has 13 heavy (non-hydrogen) atoms. The van der Waals surface area contributed by atoms with Crippen molar-refractivity contribution < 1.29 is 0 Å². The molecule has 76 valence electrons. The summed E-state index contributed by atoms with van der Waals surface area (Å²) in [5.74, 6) is 0. The summed E-state index contributed by atoms with van der Waals surface area (Å²) in [4.78, 5) is 4.82. The van der Waals surface area contributed by atoms with E-state index in [2.05, 4.69) is 49.9 Å². The third kappa shape index (κ3) is 2.64. The minimum absolute atomic E-state index is 0.635. The maximum atomic E-state index is 2.43. The molecule has 0 saturated carbocycles. The molecule has 0 aromatic heterocycles. The van der Waals surface area contributed by atoms with E-state index in [0.29, 0.717) is 12.1 Å². The molecule has 2 heteroatoms. The molecule has 0 aliphatic carbocycles. The van der Waals surface area contributed by atoms with Crippen LogP contribution in [0.5, 0.6) is 0 Å². The largest absolute Gasteiger partial charge is 0.372 e. The topological polar surface area (TPSA) is 6.48 Å². The third-order valence-corrected chi connectivity index (χ3v) is 2.89. The predicted molar refractivity (Wildman–Crippen MR) is 57.4 cm³/mol. The highest BCUT2D eigenvalue weighted by atomic mass is 15.2. The normalized spacial score (nSPS) is 19.8. The molecule has 0 aromatic rings. The van der Waals surface area contributed by atoms with Gasteiger partial charge in [-0.15, -0.1) is 0 Å². The molecule has 0 fully saturated rings. The Balaban J connectivity index is 2.47. The second kappa shape index (κ2) is 4.54. The smallest absolute Gasteiger partial charge is 0.0352 e. The van der Waals surface area contributed by atoms with Crippen LogP contribution < -0.4 is 0 Å². The second-order valence-electron chi connectivity index (χ2n) is 4.12. The van der Waals surface area contributed by atoms with Crippen LogP contribution in [-0.4, -0.2) is 35.0 Å². The van der Waals surface area contributed by atoms with Crippen LogP contribution in [0, 0.1) is 0 Å². The Bertz CT molecular complexity index is 175. The molecule has 1 heterocycles. The first-order valence-electron chi connectivity index (χ1n) is 5.35. The molecule has 0 saturated heterocycles. The molecule has 0 aromatic carbocycles. The summed E-state index contributed by atoms with van der Waals surface area (Å²) in [5, 5.41) is 0. The summed E-state index contributed by atoms with van der Waals surface area (Å²) in [7, 11) is 0. The van der Waals surface area contributed by atoms with Crippen molar-refractivity contribution in [2.24, 2.45) is 0 Å². The van der Waals surface area contributed by atoms with Crippen LogP contribution in [-0.2, 0) is 0 Å². The molecule has 0 radical (unpaired) electrons. The van der Waals surface area contributed by atoms with Gasteiger partial charge in [0, 0.05) is 37.6 Å². The summed E-state index contributed by atoms with van der Waals surface area (Å²) < 4.78 is 0. The Labute approximate surface area is 82.2 Å². The summed E-state index contributed by atoms with van der Waals surface area (Å²) >= 11 is 0. The fourth-order valence-electron chi connectivity index (χ4n) is 1.58. The minimum Gasteiger partial charge on any atom is -0.372 e. The molecular weight excluding hydrogens is 160 g/mol. The molecule has 1 unspecified atom stereocenters. The lowest BCUT2D eigenvalue weighted by molar-refractivity contribution is 0.196. The molecule has 0 N–H and O–H groups in total. The van der Waals surface area contributed by atoms with Gasteiger partial charge in [-0.05, 0) is 27.2 Å². The van der Waals surface area contributed by atoms with Gasteiger partial charge in [0.1, 0.15) is 0 Å². The van der Waals surface area contributed by atoms with E-state index >= 15 is 0 Å². The van der Waals surface area contributed by atoms with Crippen LogP contribution in [0.3, 0.4) is 0 Å².